The highest BCUT2D eigenvalue weighted by Gasteiger charge is 2.24. The maximum Gasteiger partial charge on any atom is 0.0667 e. The molecule has 0 heterocycles. The van der Waals surface area contributed by atoms with E-state index in [-0.39, 0.29) is 6.10 Å². The van der Waals surface area contributed by atoms with Crippen LogP contribution >= 0.6 is 0 Å². The van der Waals surface area contributed by atoms with Crippen molar-refractivity contribution in [2.24, 2.45) is 17.8 Å². The molecule has 2 aliphatic carbocycles. The third kappa shape index (κ3) is 4.55. The van der Waals surface area contributed by atoms with Crippen molar-refractivity contribution in [3.63, 3.8) is 0 Å². The fourth-order valence-corrected chi connectivity index (χ4v) is 4.13. The van der Waals surface area contributed by atoms with E-state index in [1.165, 1.54) is 44.9 Å². The van der Waals surface area contributed by atoms with Crippen LogP contribution in [-0.4, -0.2) is 23.8 Å². The molecular weight excluding hydrogens is 222 g/mol. The van der Waals surface area contributed by atoms with Crippen molar-refractivity contribution in [3.05, 3.63) is 0 Å². The largest absolute Gasteiger partial charge is 0.392 e. The van der Waals surface area contributed by atoms with Crippen molar-refractivity contribution >= 4 is 0 Å². The molecule has 2 N–H and O–H groups in total. The fourth-order valence-electron chi connectivity index (χ4n) is 4.13. The Kier molecular flexibility index (Phi) is 5.50. The Balaban J connectivity index is 1.63. The molecule has 2 rings (SSSR count). The summed E-state index contributed by atoms with van der Waals surface area (Å²) in [7, 11) is 0. The summed E-state index contributed by atoms with van der Waals surface area (Å²) < 4.78 is 0. The minimum absolute atomic E-state index is 0.124. The van der Waals surface area contributed by atoms with Gasteiger partial charge >= 0.3 is 0 Å². The molecule has 3 atom stereocenters. The van der Waals surface area contributed by atoms with E-state index in [9.17, 15) is 5.11 Å². The third-order valence-electron chi connectivity index (χ3n) is 4.90. The topological polar surface area (TPSA) is 32.3 Å². The zero-order valence-electron chi connectivity index (χ0n) is 12.2. The second-order valence-corrected chi connectivity index (χ2v) is 7.06. The number of rotatable bonds is 5. The Morgan fingerprint density at radius 3 is 2.28 bits per heavy atom. The Hall–Kier alpha value is -0.0800. The Bertz CT molecular complexity index is 227. The average molecular weight is 253 g/mol. The van der Waals surface area contributed by atoms with Crippen LogP contribution in [0.25, 0.3) is 0 Å². The van der Waals surface area contributed by atoms with E-state index in [0.717, 1.165) is 30.7 Å². The van der Waals surface area contributed by atoms with Crippen LogP contribution in [0.1, 0.15) is 65.2 Å². The van der Waals surface area contributed by atoms with Crippen LogP contribution in [0, 0.1) is 17.8 Å². The molecule has 2 saturated carbocycles. The van der Waals surface area contributed by atoms with Crippen molar-refractivity contribution in [2.45, 2.75) is 77.4 Å². The molecule has 2 aliphatic rings. The van der Waals surface area contributed by atoms with Crippen LogP contribution in [0.5, 0.6) is 0 Å². The van der Waals surface area contributed by atoms with Gasteiger partial charge in [0.2, 0.25) is 0 Å². The molecule has 106 valence electrons. The summed E-state index contributed by atoms with van der Waals surface area (Å²) in [6.07, 6.45) is 10.3. The van der Waals surface area contributed by atoms with Gasteiger partial charge in [-0.1, -0.05) is 39.5 Å². The van der Waals surface area contributed by atoms with Gasteiger partial charge in [-0.05, 0) is 43.4 Å². The normalized spacial score (nSPS) is 35.8. The monoisotopic (exact) mass is 253 g/mol. The molecule has 2 heteroatoms. The van der Waals surface area contributed by atoms with Gasteiger partial charge in [-0.15, -0.1) is 0 Å². The molecule has 0 aromatic rings. The second-order valence-electron chi connectivity index (χ2n) is 7.06. The van der Waals surface area contributed by atoms with Crippen LogP contribution in [-0.2, 0) is 0 Å². The van der Waals surface area contributed by atoms with E-state index in [1.54, 1.807) is 0 Å². The Morgan fingerprint density at radius 2 is 1.67 bits per heavy atom. The summed E-state index contributed by atoms with van der Waals surface area (Å²) in [5.74, 6) is 2.49. The molecule has 2 fully saturated rings. The lowest BCUT2D eigenvalue weighted by molar-refractivity contribution is 0.128. The SMILES string of the molecule is CC1CC(C)CC(NCC(O)CC2CCCC2)C1. The average Bonchev–Trinajstić information content (AvgIpc) is 2.78. The molecule has 0 saturated heterocycles. The molecule has 18 heavy (non-hydrogen) atoms. The van der Waals surface area contributed by atoms with Crippen molar-refractivity contribution < 1.29 is 5.11 Å². The van der Waals surface area contributed by atoms with Gasteiger partial charge < -0.3 is 10.4 Å². The van der Waals surface area contributed by atoms with Gasteiger partial charge in [-0.2, -0.15) is 0 Å². The molecule has 0 aliphatic heterocycles. The molecule has 2 nitrogen and oxygen atoms in total. The van der Waals surface area contributed by atoms with Crippen molar-refractivity contribution in [1.82, 2.24) is 5.32 Å². The van der Waals surface area contributed by atoms with Crippen LogP contribution < -0.4 is 5.32 Å². The van der Waals surface area contributed by atoms with Crippen molar-refractivity contribution in [2.75, 3.05) is 6.54 Å². The number of aliphatic hydroxyl groups is 1. The highest BCUT2D eigenvalue weighted by Crippen LogP contribution is 2.30. The predicted molar refractivity (Wildman–Crippen MR) is 76.6 cm³/mol. The first-order valence-corrected chi connectivity index (χ1v) is 8.05. The molecule has 0 spiro atoms. The standard InChI is InChI=1S/C16H31NO/c1-12-7-13(2)9-15(8-12)17-11-16(18)10-14-5-3-4-6-14/h12-18H,3-11H2,1-2H3. The van der Waals surface area contributed by atoms with E-state index in [0.29, 0.717) is 6.04 Å². The minimum atomic E-state index is -0.124. The van der Waals surface area contributed by atoms with Gasteiger partial charge in [-0.25, -0.2) is 0 Å². The summed E-state index contributed by atoms with van der Waals surface area (Å²) in [5, 5.41) is 13.7. The second kappa shape index (κ2) is 6.91. The maximum atomic E-state index is 10.1. The number of hydrogen-bond donors (Lipinski definition) is 2. The lowest BCUT2D eigenvalue weighted by Crippen LogP contribution is -2.40. The first kappa shape index (κ1) is 14.3. The predicted octanol–water partition coefficient (Wildman–Crippen LogP) is 3.34. The van der Waals surface area contributed by atoms with Gasteiger partial charge in [0.15, 0.2) is 0 Å². The summed E-state index contributed by atoms with van der Waals surface area (Å²) >= 11 is 0. The number of aliphatic hydroxyl groups excluding tert-OH is 1. The van der Waals surface area contributed by atoms with E-state index in [4.69, 9.17) is 0 Å². The maximum absolute atomic E-state index is 10.1. The van der Waals surface area contributed by atoms with E-state index >= 15 is 0 Å². The summed E-state index contributed by atoms with van der Waals surface area (Å²) in [6.45, 7) is 5.53. The summed E-state index contributed by atoms with van der Waals surface area (Å²) in [6, 6.07) is 0.641. The summed E-state index contributed by atoms with van der Waals surface area (Å²) in [4.78, 5) is 0. The zero-order chi connectivity index (χ0) is 13.0. The van der Waals surface area contributed by atoms with Crippen LogP contribution in [0.15, 0.2) is 0 Å². The van der Waals surface area contributed by atoms with Gasteiger partial charge in [0.25, 0.3) is 0 Å². The molecule has 0 bridgehead atoms. The molecular formula is C16H31NO. The molecule has 0 radical (unpaired) electrons. The lowest BCUT2D eigenvalue weighted by atomic mass is 9.80. The zero-order valence-corrected chi connectivity index (χ0v) is 12.2. The van der Waals surface area contributed by atoms with Crippen molar-refractivity contribution in [3.8, 4) is 0 Å². The van der Waals surface area contributed by atoms with Crippen LogP contribution in [0.3, 0.4) is 0 Å². The van der Waals surface area contributed by atoms with Gasteiger partial charge in [-0.3, -0.25) is 0 Å². The molecule has 0 aromatic carbocycles. The first-order chi connectivity index (χ1) is 8.63. The van der Waals surface area contributed by atoms with Crippen LogP contribution in [0.4, 0.5) is 0 Å². The van der Waals surface area contributed by atoms with E-state index < -0.39 is 0 Å². The van der Waals surface area contributed by atoms with Crippen LogP contribution in [0.2, 0.25) is 0 Å². The van der Waals surface area contributed by atoms with Gasteiger partial charge in [0, 0.05) is 12.6 Å². The molecule has 0 amide bonds. The van der Waals surface area contributed by atoms with Gasteiger partial charge in [0.05, 0.1) is 6.10 Å². The summed E-state index contributed by atoms with van der Waals surface area (Å²) in [5.41, 5.74) is 0. The third-order valence-corrected chi connectivity index (χ3v) is 4.90. The highest BCUT2D eigenvalue weighted by atomic mass is 16.3. The fraction of sp³-hybridized carbons (Fsp3) is 1.00. The van der Waals surface area contributed by atoms with Gasteiger partial charge in [0.1, 0.15) is 0 Å². The van der Waals surface area contributed by atoms with E-state index in [2.05, 4.69) is 19.2 Å². The Morgan fingerprint density at radius 1 is 1.06 bits per heavy atom. The number of hydrogen-bond acceptors (Lipinski definition) is 2. The minimum Gasteiger partial charge on any atom is -0.392 e. The lowest BCUT2D eigenvalue weighted by Gasteiger charge is -2.32. The highest BCUT2D eigenvalue weighted by molar-refractivity contribution is 4.81. The molecule has 0 aromatic heterocycles. The molecule has 3 unspecified atom stereocenters. The number of nitrogens with one attached hydrogen (secondary N) is 1. The van der Waals surface area contributed by atoms with E-state index in [1.807, 2.05) is 0 Å². The van der Waals surface area contributed by atoms with Crippen molar-refractivity contribution in [1.29, 1.82) is 0 Å². The first-order valence-electron chi connectivity index (χ1n) is 8.05. The quantitative estimate of drug-likeness (QED) is 0.787. The Labute approximate surface area is 113 Å². The smallest absolute Gasteiger partial charge is 0.0667 e.